The number of thiazole rings is 1. The number of carbonyl (C=O) groups is 1. The maximum absolute atomic E-state index is 13.8. The second-order valence-electron chi connectivity index (χ2n) is 5.38. The largest absolute Gasteiger partial charge is 0.494 e. The van der Waals surface area contributed by atoms with Crippen LogP contribution >= 0.6 is 11.3 Å². The number of hydrogen-bond acceptors (Lipinski definition) is 5. The molecule has 3 rings (SSSR count). The Labute approximate surface area is 137 Å². The molecule has 1 atom stereocenters. The van der Waals surface area contributed by atoms with Gasteiger partial charge in [0.1, 0.15) is 0 Å². The number of piperidine rings is 1. The van der Waals surface area contributed by atoms with Crippen LogP contribution in [0.4, 0.5) is 9.52 Å². The van der Waals surface area contributed by atoms with Crippen molar-refractivity contribution in [2.75, 3.05) is 19.0 Å². The van der Waals surface area contributed by atoms with E-state index in [1.165, 1.54) is 24.5 Å². The van der Waals surface area contributed by atoms with Gasteiger partial charge in [0.15, 0.2) is 16.7 Å². The third-order valence-electron chi connectivity index (χ3n) is 3.81. The van der Waals surface area contributed by atoms with Crippen LogP contribution in [0.1, 0.15) is 19.3 Å². The molecule has 5 nitrogen and oxygen atoms in total. The molecule has 122 valence electrons. The molecule has 2 N–H and O–H groups in total. The summed E-state index contributed by atoms with van der Waals surface area (Å²) < 4.78 is 18.7. The summed E-state index contributed by atoms with van der Waals surface area (Å²) in [4.78, 5) is 16.5. The van der Waals surface area contributed by atoms with Crippen molar-refractivity contribution in [3.8, 4) is 17.0 Å². The second-order valence-corrected chi connectivity index (χ2v) is 6.24. The average Bonchev–Trinajstić information content (AvgIpc) is 3.04. The Hall–Kier alpha value is -1.99. The maximum atomic E-state index is 13.8. The summed E-state index contributed by atoms with van der Waals surface area (Å²) in [6.45, 7) is 0.867. The summed E-state index contributed by atoms with van der Waals surface area (Å²) in [5.41, 5.74) is 1.28. The Kier molecular flexibility index (Phi) is 4.88. The molecular formula is C16H18FN3O2S. The first-order chi connectivity index (χ1) is 11.2. The van der Waals surface area contributed by atoms with Gasteiger partial charge in [-0.05, 0) is 37.6 Å². The monoisotopic (exact) mass is 335 g/mol. The lowest BCUT2D eigenvalue weighted by Crippen LogP contribution is -2.43. The fourth-order valence-electron chi connectivity index (χ4n) is 2.56. The van der Waals surface area contributed by atoms with Crippen LogP contribution in [-0.2, 0) is 4.79 Å². The topological polar surface area (TPSA) is 63.2 Å². The van der Waals surface area contributed by atoms with Gasteiger partial charge in [0.05, 0.1) is 18.8 Å². The molecule has 2 heterocycles. The highest BCUT2D eigenvalue weighted by molar-refractivity contribution is 7.14. The molecule has 2 aromatic rings. The second kappa shape index (κ2) is 7.06. The third kappa shape index (κ3) is 3.68. The first-order valence-corrected chi connectivity index (χ1v) is 8.39. The molecule has 0 aliphatic carbocycles. The fourth-order valence-corrected chi connectivity index (χ4v) is 3.28. The molecule has 0 radical (unpaired) electrons. The Bertz CT molecular complexity index is 698. The van der Waals surface area contributed by atoms with E-state index in [-0.39, 0.29) is 17.7 Å². The molecule has 7 heteroatoms. The Morgan fingerprint density at radius 2 is 2.35 bits per heavy atom. The Morgan fingerprint density at radius 3 is 3.04 bits per heavy atom. The maximum Gasteiger partial charge on any atom is 0.243 e. The number of benzene rings is 1. The Balaban J connectivity index is 1.70. The number of hydrogen-bond donors (Lipinski definition) is 2. The van der Waals surface area contributed by atoms with Crippen LogP contribution in [-0.4, -0.2) is 30.6 Å². The van der Waals surface area contributed by atoms with Crippen molar-refractivity contribution in [1.29, 1.82) is 0 Å². The highest BCUT2D eigenvalue weighted by Gasteiger charge is 2.21. The summed E-state index contributed by atoms with van der Waals surface area (Å²) in [5, 5.41) is 8.34. The van der Waals surface area contributed by atoms with Crippen LogP contribution < -0.4 is 15.4 Å². The number of carbonyl (C=O) groups excluding carboxylic acids is 1. The van der Waals surface area contributed by atoms with Gasteiger partial charge >= 0.3 is 0 Å². The van der Waals surface area contributed by atoms with Gasteiger partial charge in [-0.3, -0.25) is 4.79 Å². The third-order valence-corrected chi connectivity index (χ3v) is 4.57. The summed E-state index contributed by atoms with van der Waals surface area (Å²) in [6.07, 6.45) is 3.00. The highest BCUT2D eigenvalue weighted by Crippen LogP contribution is 2.28. The quantitative estimate of drug-likeness (QED) is 0.901. The van der Waals surface area contributed by atoms with Crippen LogP contribution in [0, 0.1) is 5.82 Å². The zero-order chi connectivity index (χ0) is 16.2. The van der Waals surface area contributed by atoms with Crippen LogP contribution in [0.3, 0.4) is 0 Å². The van der Waals surface area contributed by atoms with Crippen molar-refractivity contribution in [2.45, 2.75) is 25.3 Å². The number of halogens is 1. The molecule has 1 aliphatic rings. The number of anilines is 1. The van der Waals surface area contributed by atoms with E-state index in [2.05, 4.69) is 15.6 Å². The van der Waals surface area contributed by atoms with Crippen LogP contribution in [0.15, 0.2) is 23.6 Å². The van der Waals surface area contributed by atoms with Crippen molar-refractivity contribution in [2.24, 2.45) is 0 Å². The minimum absolute atomic E-state index is 0.0634. The minimum atomic E-state index is -0.435. The molecule has 0 saturated carbocycles. The van der Waals surface area contributed by atoms with Gasteiger partial charge in [0, 0.05) is 10.9 Å². The smallest absolute Gasteiger partial charge is 0.243 e. The fraction of sp³-hybridized carbons (Fsp3) is 0.375. The normalized spacial score (nSPS) is 17.7. The predicted molar refractivity (Wildman–Crippen MR) is 88.3 cm³/mol. The van der Waals surface area contributed by atoms with Crippen molar-refractivity contribution >= 4 is 22.4 Å². The van der Waals surface area contributed by atoms with E-state index in [0.29, 0.717) is 16.4 Å². The van der Waals surface area contributed by atoms with Gasteiger partial charge in [-0.25, -0.2) is 9.37 Å². The van der Waals surface area contributed by atoms with E-state index in [1.54, 1.807) is 17.5 Å². The zero-order valence-electron chi connectivity index (χ0n) is 12.8. The zero-order valence-corrected chi connectivity index (χ0v) is 13.6. The van der Waals surface area contributed by atoms with Crippen molar-refractivity contribution in [3.05, 3.63) is 29.4 Å². The lowest BCUT2D eigenvalue weighted by atomic mass is 10.0. The van der Waals surface area contributed by atoms with E-state index in [9.17, 15) is 9.18 Å². The molecule has 1 aromatic heterocycles. The van der Waals surface area contributed by atoms with E-state index in [0.717, 1.165) is 25.8 Å². The molecule has 0 spiro atoms. The van der Waals surface area contributed by atoms with Gasteiger partial charge in [-0.1, -0.05) is 6.42 Å². The molecule has 1 aliphatic heterocycles. The summed E-state index contributed by atoms with van der Waals surface area (Å²) in [7, 11) is 1.42. The SMILES string of the molecule is COc1ccc(-c2csc(NC(=O)C3CCCCN3)n2)cc1F. The number of rotatable bonds is 4. The van der Waals surface area contributed by atoms with E-state index in [1.807, 2.05) is 0 Å². The first kappa shape index (κ1) is 15.9. The molecular weight excluding hydrogens is 317 g/mol. The lowest BCUT2D eigenvalue weighted by Gasteiger charge is -2.21. The van der Waals surface area contributed by atoms with Gasteiger partial charge in [0.25, 0.3) is 0 Å². The van der Waals surface area contributed by atoms with Crippen molar-refractivity contribution < 1.29 is 13.9 Å². The van der Waals surface area contributed by atoms with Gasteiger partial charge in [0.2, 0.25) is 5.91 Å². The number of nitrogens with one attached hydrogen (secondary N) is 2. The molecule has 1 aromatic carbocycles. The lowest BCUT2D eigenvalue weighted by molar-refractivity contribution is -0.118. The van der Waals surface area contributed by atoms with E-state index in [4.69, 9.17) is 4.74 Å². The molecule has 1 fully saturated rings. The van der Waals surface area contributed by atoms with Crippen LogP contribution in [0.5, 0.6) is 5.75 Å². The van der Waals surface area contributed by atoms with E-state index >= 15 is 0 Å². The van der Waals surface area contributed by atoms with Crippen molar-refractivity contribution in [3.63, 3.8) is 0 Å². The first-order valence-electron chi connectivity index (χ1n) is 7.51. The predicted octanol–water partition coefficient (Wildman–Crippen LogP) is 3.04. The molecule has 0 bridgehead atoms. The van der Waals surface area contributed by atoms with Gasteiger partial charge < -0.3 is 15.4 Å². The molecule has 1 saturated heterocycles. The number of ether oxygens (including phenoxy) is 1. The molecule has 1 amide bonds. The summed E-state index contributed by atoms with van der Waals surface area (Å²) >= 11 is 1.33. The summed E-state index contributed by atoms with van der Waals surface area (Å²) in [5.74, 6) is -0.303. The van der Waals surface area contributed by atoms with E-state index < -0.39 is 5.82 Å². The van der Waals surface area contributed by atoms with Crippen molar-refractivity contribution in [1.82, 2.24) is 10.3 Å². The van der Waals surface area contributed by atoms with Gasteiger partial charge in [-0.15, -0.1) is 11.3 Å². The number of nitrogens with zero attached hydrogens (tertiary/aromatic N) is 1. The Morgan fingerprint density at radius 1 is 1.48 bits per heavy atom. The highest BCUT2D eigenvalue weighted by atomic mass is 32.1. The number of amides is 1. The minimum Gasteiger partial charge on any atom is -0.494 e. The average molecular weight is 335 g/mol. The van der Waals surface area contributed by atoms with Crippen LogP contribution in [0.2, 0.25) is 0 Å². The number of methoxy groups -OCH3 is 1. The molecule has 23 heavy (non-hydrogen) atoms. The number of aromatic nitrogens is 1. The molecule has 1 unspecified atom stereocenters. The van der Waals surface area contributed by atoms with Gasteiger partial charge in [-0.2, -0.15) is 0 Å². The summed E-state index contributed by atoms with van der Waals surface area (Å²) in [6, 6.07) is 4.52. The standard InChI is InChI=1S/C16H18FN3O2S/c1-22-14-6-5-10(8-11(14)17)13-9-23-16(19-13)20-15(21)12-4-2-3-7-18-12/h5-6,8-9,12,18H,2-4,7H2,1H3,(H,19,20,21). The van der Waals surface area contributed by atoms with Crippen LogP contribution in [0.25, 0.3) is 11.3 Å².